The Labute approximate surface area is 188 Å². The molecule has 3 aromatic rings. The van der Waals surface area contributed by atoms with Crippen molar-refractivity contribution in [1.82, 2.24) is 15.0 Å². The summed E-state index contributed by atoms with van der Waals surface area (Å²) in [5.41, 5.74) is 4.01. The molecule has 1 saturated carbocycles. The summed E-state index contributed by atoms with van der Waals surface area (Å²) in [5, 5.41) is 5.62. The quantitative estimate of drug-likeness (QED) is 0.551. The molecule has 0 aliphatic heterocycles. The smallest absolute Gasteiger partial charge is 0.236 e. The number of nitrogens with one attached hydrogen (secondary N) is 2. The van der Waals surface area contributed by atoms with Crippen LogP contribution in [0.25, 0.3) is 11.3 Å². The molecule has 1 aliphatic rings. The van der Waals surface area contributed by atoms with Crippen molar-refractivity contribution >= 4 is 39.0 Å². The number of nitrogens with zero attached hydrogens (tertiary/aromatic N) is 3. The summed E-state index contributed by atoms with van der Waals surface area (Å²) in [6, 6.07) is 7.58. The Hall–Kier alpha value is -2.65. The number of rotatable bonds is 7. The molecule has 1 amide bonds. The van der Waals surface area contributed by atoms with E-state index in [1.807, 2.05) is 57.3 Å². The van der Waals surface area contributed by atoms with E-state index in [0.29, 0.717) is 16.5 Å². The molecule has 0 saturated heterocycles. The highest BCUT2D eigenvalue weighted by Crippen LogP contribution is 2.31. The molecule has 2 aromatic heterocycles. The lowest BCUT2D eigenvalue weighted by atomic mass is 9.89. The number of anilines is 2. The second-order valence-electron chi connectivity index (χ2n) is 8.24. The van der Waals surface area contributed by atoms with Crippen LogP contribution in [0.4, 0.5) is 10.8 Å². The van der Waals surface area contributed by atoms with Crippen LogP contribution >= 0.6 is 11.3 Å². The SMILES string of the molecule is Cc1cnc(C)c(-c2ccc(NC(=O)C(C)(C)c3csc(NS(=O)C4CC4)n3)cc2)n1. The van der Waals surface area contributed by atoms with Crippen molar-refractivity contribution in [2.75, 3.05) is 10.0 Å². The molecule has 162 valence electrons. The van der Waals surface area contributed by atoms with E-state index < -0.39 is 16.4 Å². The fourth-order valence-corrected chi connectivity index (χ4v) is 5.09. The molecule has 1 atom stereocenters. The molecular formula is C22H25N5O2S2. The normalized spacial score (nSPS) is 14.8. The van der Waals surface area contributed by atoms with Gasteiger partial charge in [0.25, 0.3) is 0 Å². The highest BCUT2D eigenvalue weighted by atomic mass is 32.2. The first-order valence-corrected chi connectivity index (χ1v) is 12.2. The number of amides is 1. The highest BCUT2D eigenvalue weighted by molar-refractivity contribution is 7.87. The van der Waals surface area contributed by atoms with Gasteiger partial charge in [-0.2, -0.15) is 0 Å². The molecule has 2 N–H and O–H groups in total. The molecule has 4 rings (SSSR count). The second kappa shape index (κ2) is 8.47. The number of thiazole rings is 1. The van der Waals surface area contributed by atoms with Crippen LogP contribution < -0.4 is 10.0 Å². The number of hydrogen-bond acceptors (Lipinski definition) is 6. The van der Waals surface area contributed by atoms with E-state index in [2.05, 4.69) is 25.0 Å². The van der Waals surface area contributed by atoms with Gasteiger partial charge in [-0.25, -0.2) is 14.2 Å². The van der Waals surface area contributed by atoms with E-state index in [1.54, 1.807) is 6.20 Å². The van der Waals surface area contributed by atoms with Crippen molar-refractivity contribution in [3.05, 3.63) is 52.9 Å². The fraction of sp³-hybridized carbons (Fsp3) is 0.364. The predicted molar refractivity (Wildman–Crippen MR) is 125 cm³/mol. The van der Waals surface area contributed by atoms with E-state index >= 15 is 0 Å². The van der Waals surface area contributed by atoms with Crippen molar-refractivity contribution in [3.63, 3.8) is 0 Å². The molecule has 1 aliphatic carbocycles. The van der Waals surface area contributed by atoms with E-state index in [9.17, 15) is 9.00 Å². The van der Waals surface area contributed by atoms with Crippen LogP contribution in [0.3, 0.4) is 0 Å². The summed E-state index contributed by atoms with van der Waals surface area (Å²) in [5.74, 6) is -0.160. The zero-order valence-electron chi connectivity index (χ0n) is 17.9. The van der Waals surface area contributed by atoms with Gasteiger partial charge in [0.05, 0.1) is 33.4 Å². The van der Waals surface area contributed by atoms with Crippen LogP contribution in [0.1, 0.15) is 43.8 Å². The lowest BCUT2D eigenvalue weighted by molar-refractivity contribution is -0.120. The third-order valence-electron chi connectivity index (χ3n) is 5.22. The number of carbonyl (C=O) groups is 1. The zero-order valence-corrected chi connectivity index (χ0v) is 19.6. The molecule has 0 radical (unpaired) electrons. The number of hydrogen-bond donors (Lipinski definition) is 2. The van der Waals surface area contributed by atoms with Gasteiger partial charge in [-0.05, 0) is 52.7 Å². The first kappa shape index (κ1) is 21.6. The molecule has 2 heterocycles. The molecule has 7 nitrogen and oxygen atoms in total. The fourth-order valence-electron chi connectivity index (χ4n) is 2.99. The van der Waals surface area contributed by atoms with Crippen LogP contribution in [0.5, 0.6) is 0 Å². The molecule has 31 heavy (non-hydrogen) atoms. The minimum absolute atomic E-state index is 0.160. The van der Waals surface area contributed by atoms with E-state index in [1.165, 1.54) is 11.3 Å². The largest absolute Gasteiger partial charge is 0.325 e. The minimum Gasteiger partial charge on any atom is -0.325 e. The van der Waals surface area contributed by atoms with Gasteiger partial charge in [0.2, 0.25) is 5.91 Å². The minimum atomic E-state index is -1.10. The summed E-state index contributed by atoms with van der Waals surface area (Å²) in [6.07, 6.45) is 3.72. The van der Waals surface area contributed by atoms with Crippen molar-refractivity contribution in [1.29, 1.82) is 0 Å². The van der Waals surface area contributed by atoms with Gasteiger partial charge in [-0.3, -0.25) is 14.5 Å². The predicted octanol–water partition coefficient (Wildman–Crippen LogP) is 4.37. The molecule has 0 bridgehead atoms. The molecule has 1 fully saturated rings. The maximum atomic E-state index is 13.0. The van der Waals surface area contributed by atoms with Crippen LogP contribution in [-0.2, 0) is 21.2 Å². The Kier molecular flexibility index (Phi) is 5.90. The van der Waals surface area contributed by atoms with E-state index in [0.717, 1.165) is 35.5 Å². The van der Waals surface area contributed by atoms with Crippen LogP contribution in [0.15, 0.2) is 35.8 Å². The lowest BCUT2D eigenvalue weighted by Gasteiger charge is -2.21. The topological polar surface area (TPSA) is 96.9 Å². The second-order valence-corrected chi connectivity index (χ2v) is 10.6. The standard InChI is InChI=1S/C22H25N5O2S2/c1-13-11-23-14(2)19(24-13)15-5-7-16(8-6-15)25-20(28)22(3,4)18-12-30-21(26-18)27-31(29)17-9-10-17/h5-8,11-12,17H,9-10H2,1-4H3,(H,25,28)(H,26,27). The summed E-state index contributed by atoms with van der Waals surface area (Å²) in [7, 11) is -1.10. The first-order chi connectivity index (χ1) is 14.7. The number of aromatic nitrogens is 3. The van der Waals surface area contributed by atoms with Crippen LogP contribution in [0.2, 0.25) is 0 Å². The Balaban J connectivity index is 1.45. The Morgan fingerprint density at radius 2 is 1.87 bits per heavy atom. The zero-order chi connectivity index (χ0) is 22.2. The average Bonchev–Trinajstić information content (AvgIpc) is 3.49. The van der Waals surface area contributed by atoms with Crippen LogP contribution in [-0.4, -0.2) is 30.3 Å². The summed E-state index contributed by atoms with van der Waals surface area (Å²) >= 11 is 1.37. The number of carbonyl (C=O) groups excluding carboxylic acids is 1. The maximum Gasteiger partial charge on any atom is 0.236 e. The highest BCUT2D eigenvalue weighted by Gasteiger charge is 2.33. The monoisotopic (exact) mass is 455 g/mol. The van der Waals surface area contributed by atoms with Gasteiger partial charge in [0.15, 0.2) is 5.13 Å². The van der Waals surface area contributed by atoms with Crippen LogP contribution in [0, 0.1) is 13.8 Å². The average molecular weight is 456 g/mol. The Morgan fingerprint density at radius 1 is 1.16 bits per heavy atom. The number of benzene rings is 1. The molecule has 9 heteroatoms. The molecular weight excluding hydrogens is 430 g/mol. The van der Waals surface area contributed by atoms with Crippen molar-refractivity contribution in [3.8, 4) is 11.3 Å². The first-order valence-electron chi connectivity index (χ1n) is 10.1. The third-order valence-corrected chi connectivity index (χ3v) is 7.58. The van der Waals surface area contributed by atoms with Gasteiger partial charge < -0.3 is 5.32 Å². The van der Waals surface area contributed by atoms with E-state index in [-0.39, 0.29) is 11.2 Å². The molecule has 0 spiro atoms. The van der Waals surface area contributed by atoms with Gasteiger partial charge in [-0.15, -0.1) is 11.3 Å². The molecule has 1 unspecified atom stereocenters. The van der Waals surface area contributed by atoms with Crippen molar-refractivity contribution in [2.45, 2.75) is 51.2 Å². The lowest BCUT2D eigenvalue weighted by Crippen LogP contribution is -2.35. The van der Waals surface area contributed by atoms with Gasteiger partial charge in [0.1, 0.15) is 11.0 Å². The van der Waals surface area contributed by atoms with Gasteiger partial charge >= 0.3 is 0 Å². The van der Waals surface area contributed by atoms with Crippen molar-refractivity contribution in [2.24, 2.45) is 0 Å². The Morgan fingerprint density at radius 3 is 2.55 bits per heavy atom. The van der Waals surface area contributed by atoms with E-state index in [4.69, 9.17) is 0 Å². The summed E-state index contributed by atoms with van der Waals surface area (Å²) in [4.78, 5) is 26.4. The number of aryl methyl sites for hydroxylation is 2. The van der Waals surface area contributed by atoms with Gasteiger partial charge in [-0.1, -0.05) is 12.1 Å². The maximum absolute atomic E-state index is 13.0. The van der Waals surface area contributed by atoms with Crippen molar-refractivity contribution < 1.29 is 9.00 Å². The van der Waals surface area contributed by atoms with Gasteiger partial charge in [0, 0.05) is 22.8 Å². The molecule has 1 aromatic carbocycles. The summed E-state index contributed by atoms with van der Waals surface area (Å²) in [6.45, 7) is 7.50. The Bertz CT molecular complexity index is 1140. The summed E-state index contributed by atoms with van der Waals surface area (Å²) < 4.78 is 15.0. The third kappa shape index (κ3) is 4.83.